The molecule has 0 heterocycles. The molecule has 0 bridgehead atoms. The highest BCUT2D eigenvalue weighted by molar-refractivity contribution is 5.53. The smallest absolute Gasteiger partial charge is 0.200 e. The van der Waals surface area contributed by atoms with Crippen molar-refractivity contribution in [1.82, 2.24) is 0 Å². The van der Waals surface area contributed by atoms with E-state index in [2.05, 4.69) is 9.78 Å². The molecule has 0 amide bonds. The maximum atomic E-state index is 8.96. The average molecular weight is 172 g/mol. The van der Waals surface area contributed by atoms with E-state index < -0.39 is 17.2 Å². The molecule has 0 aromatic heterocycles. The van der Waals surface area contributed by atoms with Crippen molar-refractivity contribution in [2.24, 2.45) is 0 Å². The van der Waals surface area contributed by atoms with Crippen LogP contribution < -0.4 is 4.89 Å². The minimum Gasteiger partial charge on any atom is -0.504 e. The van der Waals surface area contributed by atoms with E-state index in [9.17, 15) is 0 Å². The first-order valence-corrected chi connectivity index (χ1v) is 3.10. The summed E-state index contributed by atoms with van der Waals surface area (Å²) in [6, 6.07) is 2.22. The Bertz CT molecular complexity index is 260. The largest absolute Gasteiger partial charge is 0.504 e. The second kappa shape index (κ2) is 3.19. The van der Waals surface area contributed by atoms with E-state index in [1.165, 1.54) is 7.11 Å². The van der Waals surface area contributed by atoms with Crippen LogP contribution in [0.15, 0.2) is 12.1 Å². The SMILES string of the molecule is COOc1cc(O)c(O)c(O)c1. The molecule has 5 heteroatoms. The van der Waals surface area contributed by atoms with E-state index in [0.29, 0.717) is 0 Å². The van der Waals surface area contributed by atoms with E-state index in [-0.39, 0.29) is 5.75 Å². The van der Waals surface area contributed by atoms with Crippen molar-refractivity contribution in [3.63, 3.8) is 0 Å². The molecule has 1 rings (SSSR count). The van der Waals surface area contributed by atoms with Crippen molar-refractivity contribution in [3.8, 4) is 23.0 Å². The van der Waals surface area contributed by atoms with Crippen LogP contribution in [0.2, 0.25) is 0 Å². The van der Waals surface area contributed by atoms with Gasteiger partial charge in [0.15, 0.2) is 17.2 Å². The van der Waals surface area contributed by atoms with Crippen molar-refractivity contribution in [1.29, 1.82) is 0 Å². The highest BCUT2D eigenvalue weighted by Gasteiger charge is 2.08. The van der Waals surface area contributed by atoms with Crippen molar-refractivity contribution in [3.05, 3.63) is 12.1 Å². The minimum atomic E-state index is -0.585. The number of rotatable bonds is 2. The molecule has 0 saturated carbocycles. The Hall–Kier alpha value is -1.62. The molecule has 0 aliphatic rings. The summed E-state index contributed by atoms with van der Waals surface area (Å²) in [5.41, 5.74) is 0. The summed E-state index contributed by atoms with van der Waals surface area (Å²) in [7, 11) is 1.28. The second-order valence-corrected chi connectivity index (χ2v) is 2.06. The zero-order chi connectivity index (χ0) is 9.14. The molecule has 0 atom stereocenters. The Morgan fingerprint density at radius 3 is 2.00 bits per heavy atom. The molecule has 5 nitrogen and oxygen atoms in total. The number of hydrogen-bond acceptors (Lipinski definition) is 5. The molecule has 0 aliphatic heterocycles. The van der Waals surface area contributed by atoms with Gasteiger partial charge in [-0.2, -0.15) is 4.89 Å². The highest BCUT2D eigenvalue weighted by atomic mass is 17.2. The van der Waals surface area contributed by atoms with Crippen molar-refractivity contribution in [2.75, 3.05) is 7.11 Å². The average Bonchev–Trinajstić information content (AvgIpc) is 2.01. The van der Waals surface area contributed by atoms with Gasteiger partial charge in [-0.15, -0.1) is 0 Å². The Morgan fingerprint density at radius 2 is 1.58 bits per heavy atom. The van der Waals surface area contributed by atoms with Gasteiger partial charge < -0.3 is 20.2 Å². The monoisotopic (exact) mass is 172 g/mol. The molecule has 3 N–H and O–H groups in total. The number of phenolic OH excluding ortho intramolecular Hbond substituents is 3. The molecule has 1 aromatic carbocycles. The Labute approximate surface area is 68.3 Å². The summed E-state index contributed by atoms with van der Waals surface area (Å²) >= 11 is 0. The van der Waals surface area contributed by atoms with Crippen LogP contribution in [0.3, 0.4) is 0 Å². The third-order valence-electron chi connectivity index (χ3n) is 1.22. The van der Waals surface area contributed by atoms with Gasteiger partial charge in [0.1, 0.15) is 0 Å². The zero-order valence-corrected chi connectivity index (χ0v) is 6.31. The lowest BCUT2D eigenvalue weighted by atomic mass is 10.3. The van der Waals surface area contributed by atoms with Gasteiger partial charge >= 0.3 is 0 Å². The molecule has 0 fully saturated rings. The Balaban J connectivity index is 3.04. The Morgan fingerprint density at radius 1 is 1.08 bits per heavy atom. The summed E-state index contributed by atoms with van der Waals surface area (Å²) in [5, 5.41) is 26.8. The quantitative estimate of drug-likeness (QED) is 0.348. The number of hydrogen-bond donors (Lipinski definition) is 3. The van der Waals surface area contributed by atoms with Gasteiger partial charge in [0.2, 0.25) is 5.75 Å². The Kier molecular flexibility index (Phi) is 2.25. The molecule has 0 radical (unpaired) electrons. The highest BCUT2D eigenvalue weighted by Crippen LogP contribution is 2.38. The molecule has 0 spiro atoms. The lowest BCUT2D eigenvalue weighted by molar-refractivity contribution is -0.178. The standard InChI is InChI=1S/C7H8O5/c1-11-12-4-2-5(8)7(10)6(9)3-4/h2-3,8-10H,1H3. The van der Waals surface area contributed by atoms with Crippen LogP contribution in [0, 0.1) is 0 Å². The van der Waals surface area contributed by atoms with E-state index in [0.717, 1.165) is 12.1 Å². The van der Waals surface area contributed by atoms with Crippen molar-refractivity contribution in [2.45, 2.75) is 0 Å². The number of benzene rings is 1. The van der Waals surface area contributed by atoms with Crippen LogP contribution in [0.25, 0.3) is 0 Å². The van der Waals surface area contributed by atoms with E-state index in [1.54, 1.807) is 0 Å². The van der Waals surface area contributed by atoms with E-state index in [4.69, 9.17) is 15.3 Å². The van der Waals surface area contributed by atoms with Gasteiger partial charge in [0, 0.05) is 12.1 Å². The topological polar surface area (TPSA) is 79.2 Å². The molecule has 1 aromatic rings. The van der Waals surface area contributed by atoms with Crippen LogP contribution >= 0.6 is 0 Å². The first-order chi connectivity index (χ1) is 5.65. The van der Waals surface area contributed by atoms with Gasteiger partial charge in [0.25, 0.3) is 0 Å². The zero-order valence-electron chi connectivity index (χ0n) is 6.31. The fraction of sp³-hybridized carbons (Fsp3) is 0.143. The normalized spacial score (nSPS) is 9.75. The third kappa shape index (κ3) is 1.51. The molecule has 0 saturated heterocycles. The molecular formula is C7H8O5. The van der Waals surface area contributed by atoms with E-state index >= 15 is 0 Å². The molecule has 66 valence electrons. The van der Waals surface area contributed by atoms with Crippen LogP contribution in [0.1, 0.15) is 0 Å². The molecule has 0 aliphatic carbocycles. The lowest BCUT2D eigenvalue weighted by Gasteiger charge is -2.04. The van der Waals surface area contributed by atoms with Gasteiger partial charge in [0.05, 0.1) is 7.11 Å². The third-order valence-corrected chi connectivity index (χ3v) is 1.22. The van der Waals surface area contributed by atoms with Gasteiger partial charge in [-0.25, -0.2) is 0 Å². The molecular weight excluding hydrogens is 164 g/mol. The summed E-state index contributed by atoms with van der Waals surface area (Å²) in [4.78, 5) is 8.77. The van der Waals surface area contributed by atoms with Crippen molar-refractivity contribution < 1.29 is 25.1 Å². The van der Waals surface area contributed by atoms with E-state index in [1.807, 2.05) is 0 Å². The van der Waals surface area contributed by atoms with Crippen molar-refractivity contribution >= 4 is 0 Å². The second-order valence-electron chi connectivity index (χ2n) is 2.06. The molecule has 0 unspecified atom stereocenters. The van der Waals surface area contributed by atoms with Crippen LogP contribution in [-0.4, -0.2) is 22.4 Å². The van der Waals surface area contributed by atoms with Crippen LogP contribution in [-0.2, 0) is 4.89 Å². The summed E-state index contributed by atoms with van der Waals surface area (Å²) < 4.78 is 0. The summed E-state index contributed by atoms with van der Waals surface area (Å²) in [6.07, 6.45) is 0. The van der Waals surface area contributed by atoms with Crippen LogP contribution in [0.4, 0.5) is 0 Å². The summed E-state index contributed by atoms with van der Waals surface area (Å²) in [5.74, 6) is -1.42. The molecule has 12 heavy (non-hydrogen) atoms. The fourth-order valence-corrected chi connectivity index (χ4v) is 0.723. The van der Waals surface area contributed by atoms with Gasteiger partial charge in [-0.1, -0.05) is 0 Å². The van der Waals surface area contributed by atoms with Crippen LogP contribution in [0.5, 0.6) is 23.0 Å². The van der Waals surface area contributed by atoms with Gasteiger partial charge in [-0.05, 0) is 0 Å². The maximum Gasteiger partial charge on any atom is 0.200 e. The first-order valence-electron chi connectivity index (χ1n) is 3.10. The predicted molar refractivity (Wildman–Crippen MR) is 39.1 cm³/mol. The first kappa shape index (κ1) is 8.48. The minimum absolute atomic E-state index is 0.102. The van der Waals surface area contributed by atoms with Gasteiger partial charge in [-0.3, -0.25) is 0 Å². The fourth-order valence-electron chi connectivity index (χ4n) is 0.723. The maximum absolute atomic E-state index is 8.96. The lowest BCUT2D eigenvalue weighted by Crippen LogP contribution is -1.89. The number of phenols is 3. The summed E-state index contributed by atoms with van der Waals surface area (Å²) in [6.45, 7) is 0. The predicted octanol–water partition coefficient (Wildman–Crippen LogP) is 0.744. The number of aromatic hydroxyl groups is 3.